The number of anilines is 1. The Morgan fingerprint density at radius 3 is 2.17 bits per heavy atom. The highest BCUT2D eigenvalue weighted by Crippen LogP contribution is 2.31. The molecule has 11 heteroatoms. The van der Waals surface area contributed by atoms with Crippen molar-refractivity contribution in [2.75, 3.05) is 45.2 Å². The van der Waals surface area contributed by atoms with Gasteiger partial charge in [0.15, 0.2) is 0 Å². The molecule has 2 aromatic carbocycles. The lowest BCUT2D eigenvalue weighted by Crippen LogP contribution is -2.40. The summed E-state index contributed by atoms with van der Waals surface area (Å²) in [5, 5.41) is 0. The molecule has 1 aliphatic heterocycles. The van der Waals surface area contributed by atoms with Gasteiger partial charge in [-0.05, 0) is 42.5 Å². The third kappa shape index (κ3) is 4.64. The molecule has 0 saturated carbocycles. The van der Waals surface area contributed by atoms with Crippen molar-refractivity contribution in [1.82, 2.24) is 4.31 Å². The lowest BCUT2D eigenvalue weighted by Gasteiger charge is -2.26. The van der Waals surface area contributed by atoms with Crippen molar-refractivity contribution in [3.63, 3.8) is 0 Å². The first kappa shape index (κ1) is 21.4. The van der Waals surface area contributed by atoms with Gasteiger partial charge >= 0.3 is 0 Å². The minimum atomic E-state index is -3.92. The third-order valence-corrected chi connectivity index (χ3v) is 7.69. The Balaban J connectivity index is 1.93. The van der Waals surface area contributed by atoms with E-state index in [0.29, 0.717) is 19.0 Å². The van der Waals surface area contributed by atoms with E-state index in [1.807, 2.05) is 0 Å². The first-order valence-electron chi connectivity index (χ1n) is 8.71. The molecule has 0 atom stereocenters. The predicted octanol–water partition coefficient (Wildman–Crippen LogP) is 1.53. The Kier molecular flexibility index (Phi) is 6.32. The molecule has 0 unspecified atom stereocenters. The average Bonchev–Trinajstić information content (AvgIpc) is 2.74. The van der Waals surface area contributed by atoms with Crippen molar-refractivity contribution in [2.45, 2.75) is 9.79 Å². The molecule has 0 bridgehead atoms. The molecule has 0 amide bonds. The van der Waals surface area contributed by atoms with E-state index in [0.717, 1.165) is 0 Å². The van der Waals surface area contributed by atoms with Crippen molar-refractivity contribution >= 4 is 25.7 Å². The zero-order valence-electron chi connectivity index (χ0n) is 16.0. The maximum atomic E-state index is 13.0. The Hall–Kier alpha value is -2.34. The van der Waals surface area contributed by atoms with Gasteiger partial charge in [0.05, 0.1) is 38.0 Å². The molecule has 2 aromatic rings. The van der Waals surface area contributed by atoms with Crippen molar-refractivity contribution < 1.29 is 31.0 Å². The number of nitrogens with one attached hydrogen (secondary N) is 1. The van der Waals surface area contributed by atoms with Gasteiger partial charge in [-0.25, -0.2) is 16.8 Å². The van der Waals surface area contributed by atoms with Gasteiger partial charge in [-0.3, -0.25) is 4.72 Å². The van der Waals surface area contributed by atoms with Gasteiger partial charge in [-0.2, -0.15) is 4.31 Å². The van der Waals surface area contributed by atoms with Crippen LogP contribution in [-0.4, -0.2) is 61.7 Å². The molecule has 0 aromatic heterocycles. The molecule has 1 N–H and O–H groups in total. The van der Waals surface area contributed by atoms with Crippen molar-refractivity contribution in [3.05, 3.63) is 42.5 Å². The first-order chi connectivity index (χ1) is 13.8. The molecule has 29 heavy (non-hydrogen) atoms. The van der Waals surface area contributed by atoms with Gasteiger partial charge < -0.3 is 14.2 Å². The van der Waals surface area contributed by atoms with Crippen LogP contribution in [0.2, 0.25) is 0 Å². The number of morpholine rings is 1. The fraction of sp³-hybridized carbons (Fsp3) is 0.333. The number of hydrogen-bond acceptors (Lipinski definition) is 7. The molecule has 1 saturated heterocycles. The standard InChI is InChI=1S/C18H22N2O7S2/c1-25-15-4-6-16(7-5-15)28(21,22)19-14-3-8-17(26-2)18(13-14)29(23,24)20-9-11-27-12-10-20/h3-8,13,19H,9-12H2,1-2H3. The molecule has 1 aliphatic rings. The number of sulfonamides is 2. The summed E-state index contributed by atoms with van der Waals surface area (Å²) in [5.41, 5.74) is 0.105. The highest BCUT2D eigenvalue weighted by atomic mass is 32.2. The summed E-state index contributed by atoms with van der Waals surface area (Å²) in [4.78, 5) is -0.0939. The lowest BCUT2D eigenvalue weighted by molar-refractivity contribution is 0.0729. The number of methoxy groups -OCH3 is 2. The molecular formula is C18H22N2O7S2. The van der Waals surface area contributed by atoms with Crippen LogP contribution in [0.25, 0.3) is 0 Å². The van der Waals surface area contributed by atoms with Gasteiger partial charge in [-0.15, -0.1) is 0 Å². The molecule has 0 aliphatic carbocycles. The Morgan fingerprint density at radius 2 is 1.59 bits per heavy atom. The summed E-state index contributed by atoms with van der Waals surface area (Å²) in [6.45, 7) is 1.03. The predicted molar refractivity (Wildman–Crippen MR) is 106 cm³/mol. The van der Waals surface area contributed by atoms with Crippen LogP contribution >= 0.6 is 0 Å². The third-order valence-electron chi connectivity index (χ3n) is 4.37. The van der Waals surface area contributed by atoms with E-state index in [-0.39, 0.29) is 34.3 Å². The van der Waals surface area contributed by atoms with Crippen molar-refractivity contribution in [1.29, 1.82) is 0 Å². The average molecular weight is 443 g/mol. The van der Waals surface area contributed by atoms with Crippen LogP contribution in [0.4, 0.5) is 5.69 Å². The summed E-state index contributed by atoms with van der Waals surface area (Å²) in [7, 11) is -4.96. The SMILES string of the molecule is COc1ccc(S(=O)(=O)Nc2ccc(OC)c(S(=O)(=O)N3CCOCC3)c2)cc1. The largest absolute Gasteiger partial charge is 0.497 e. The van der Waals surface area contributed by atoms with Crippen LogP contribution in [0.5, 0.6) is 11.5 Å². The van der Waals surface area contributed by atoms with E-state index in [2.05, 4.69) is 4.72 Å². The zero-order chi connectivity index (χ0) is 21.1. The van der Waals surface area contributed by atoms with Crippen LogP contribution in [0.3, 0.4) is 0 Å². The molecular weight excluding hydrogens is 420 g/mol. The van der Waals surface area contributed by atoms with Gasteiger partial charge in [0, 0.05) is 13.1 Å². The normalized spacial score (nSPS) is 15.7. The second kappa shape index (κ2) is 8.57. The van der Waals surface area contributed by atoms with Gasteiger partial charge in [0.1, 0.15) is 16.4 Å². The summed E-state index contributed by atoms with van der Waals surface area (Å²) in [5.74, 6) is 0.649. The lowest BCUT2D eigenvalue weighted by atomic mass is 10.3. The van der Waals surface area contributed by atoms with E-state index in [1.165, 1.54) is 61.0 Å². The second-order valence-corrected chi connectivity index (χ2v) is 9.75. The minimum Gasteiger partial charge on any atom is -0.497 e. The number of nitrogens with zero attached hydrogens (tertiary/aromatic N) is 1. The molecule has 3 rings (SSSR count). The second-order valence-electron chi connectivity index (χ2n) is 6.16. The summed E-state index contributed by atoms with van der Waals surface area (Å²) >= 11 is 0. The smallest absolute Gasteiger partial charge is 0.261 e. The summed E-state index contributed by atoms with van der Waals surface area (Å²) in [6.07, 6.45) is 0. The fourth-order valence-electron chi connectivity index (χ4n) is 2.84. The van der Waals surface area contributed by atoms with E-state index in [1.54, 1.807) is 0 Å². The van der Waals surface area contributed by atoms with Crippen LogP contribution in [0, 0.1) is 0 Å². The van der Waals surface area contributed by atoms with Gasteiger partial charge in [0.2, 0.25) is 10.0 Å². The fourth-order valence-corrected chi connectivity index (χ4v) is 5.48. The van der Waals surface area contributed by atoms with Gasteiger partial charge in [0.25, 0.3) is 10.0 Å². The van der Waals surface area contributed by atoms with Gasteiger partial charge in [-0.1, -0.05) is 0 Å². The number of hydrogen-bond donors (Lipinski definition) is 1. The zero-order valence-corrected chi connectivity index (χ0v) is 17.6. The summed E-state index contributed by atoms with van der Waals surface area (Å²) < 4.78 is 70.5. The minimum absolute atomic E-state index is 0.0201. The Morgan fingerprint density at radius 1 is 0.931 bits per heavy atom. The van der Waals surface area contributed by atoms with Crippen LogP contribution in [0.1, 0.15) is 0 Å². The number of benzene rings is 2. The maximum Gasteiger partial charge on any atom is 0.261 e. The van der Waals surface area contributed by atoms with Crippen LogP contribution < -0.4 is 14.2 Å². The maximum absolute atomic E-state index is 13.0. The van der Waals surface area contributed by atoms with Crippen molar-refractivity contribution in [2.24, 2.45) is 0 Å². The topological polar surface area (TPSA) is 111 Å². The van der Waals surface area contributed by atoms with E-state index >= 15 is 0 Å². The quantitative estimate of drug-likeness (QED) is 0.692. The monoisotopic (exact) mass is 442 g/mol. The highest BCUT2D eigenvalue weighted by molar-refractivity contribution is 7.92. The Bertz CT molecular complexity index is 1060. The Labute approximate surface area is 170 Å². The summed E-state index contributed by atoms with van der Waals surface area (Å²) in [6, 6.07) is 9.96. The molecule has 158 valence electrons. The van der Waals surface area contributed by atoms with E-state index in [4.69, 9.17) is 14.2 Å². The number of rotatable bonds is 7. The van der Waals surface area contributed by atoms with Crippen molar-refractivity contribution in [3.8, 4) is 11.5 Å². The van der Waals surface area contributed by atoms with Crippen LogP contribution in [-0.2, 0) is 24.8 Å². The van der Waals surface area contributed by atoms with E-state index < -0.39 is 20.0 Å². The molecule has 1 heterocycles. The highest BCUT2D eigenvalue weighted by Gasteiger charge is 2.30. The first-order valence-corrected chi connectivity index (χ1v) is 11.6. The van der Waals surface area contributed by atoms with E-state index in [9.17, 15) is 16.8 Å². The number of ether oxygens (including phenoxy) is 3. The van der Waals surface area contributed by atoms with Crippen LogP contribution in [0.15, 0.2) is 52.3 Å². The molecule has 1 fully saturated rings. The molecule has 9 nitrogen and oxygen atoms in total. The molecule has 0 spiro atoms. The molecule has 0 radical (unpaired) electrons.